The maximum absolute atomic E-state index is 13.3. The Bertz CT molecular complexity index is 1120. The van der Waals surface area contributed by atoms with Gasteiger partial charge in [-0.1, -0.05) is 18.2 Å². The Hall–Kier alpha value is -2.93. The first-order valence-corrected chi connectivity index (χ1v) is 9.90. The summed E-state index contributed by atoms with van der Waals surface area (Å²) in [5.41, 5.74) is 5.56. The minimum Gasteiger partial charge on any atom is -0.355 e. The Kier molecular flexibility index (Phi) is 3.87. The zero-order valence-electron chi connectivity index (χ0n) is 15.4. The van der Waals surface area contributed by atoms with Crippen LogP contribution in [0.5, 0.6) is 0 Å². The molecule has 1 atom stereocenters. The number of rotatable bonds is 2. The molecular weight excluding hydrogens is 372 g/mol. The molecule has 2 aliphatic heterocycles. The lowest BCUT2D eigenvalue weighted by Crippen LogP contribution is -2.51. The molecule has 0 fully saturated rings. The zero-order valence-corrected chi connectivity index (χ0v) is 16.3. The van der Waals surface area contributed by atoms with Crippen LogP contribution in [0.2, 0.25) is 0 Å². The number of aromatic amines is 1. The summed E-state index contributed by atoms with van der Waals surface area (Å²) in [4.78, 5) is 32.5. The minimum absolute atomic E-state index is 0.00983. The van der Waals surface area contributed by atoms with Crippen molar-refractivity contribution in [1.82, 2.24) is 9.88 Å². The van der Waals surface area contributed by atoms with Gasteiger partial charge in [0.05, 0.1) is 22.7 Å². The summed E-state index contributed by atoms with van der Waals surface area (Å²) in [6.07, 6.45) is 0.662. The van der Waals surface area contributed by atoms with Crippen molar-refractivity contribution in [2.24, 2.45) is 0 Å². The van der Waals surface area contributed by atoms with Crippen LogP contribution in [0.3, 0.4) is 0 Å². The molecule has 2 N–H and O–H groups in total. The largest absolute Gasteiger partial charge is 0.355 e. The van der Waals surface area contributed by atoms with Gasteiger partial charge >= 0.3 is 0 Å². The van der Waals surface area contributed by atoms with E-state index in [1.165, 1.54) is 10.9 Å². The Morgan fingerprint density at radius 1 is 1.29 bits per heavy atom. The van der Waals surface area contributed by atoms with Crippen LogP contribution in [0.25, 0.3) is 10.9 Å². The lowest BCUT2D eigenvalue weighted by molar-refractivity contribution is -0.113. The highest BCUT2D eigenvalue weighted by molar-refractivity contribution is 7.81. The van der Waals surface area contributed by atoms with Crippen molar-refractivity contribution < 1.29 is 9.59 Å². The van der Waals surface area contributed by atoms with Gasteiger partial charge in [0.15, 0.2) is 0 Å². The Labute approximate surface area is 167 Å². The van der Waals surface area contributed by atoms with Crippen LogP contribution >= 0.6 is 12.6 Å². The Morgan fingerprint density at radius 3 is 2.93 bits per heavy atom. The number of aromatic nitrogens is 1. The molecule has 7 heteroatoms. The third-order valence-corrected chi connectivity index (χ3v) is 5.95. The second-order valence-corrected chi connectivity index (χ2v) is 7.55. The van der Waals surface area contributed by atoms with Gasteiger partial charge in [0, 0.05) is 30.2 Å². The monoisotopic (exact) mass is 392 g/mol. The van der Waals surface area contributed by atoms with Gasteiger partial charge in [-0.05, 0) is 36.2 Å². The number of fused-ring (bicyclic) bond motifs is 6. The van der Waals surface area contributed by atoms with Gasteiger partial charge in [-0.3, -0.25) is 9.59 Å². The molecule has 0 bridgehead atoms. The van der Waals surface area contributed by atoms with E-state index in [2.05, 4.69) is 46.0 Å². The molecule has 1 aromatic heterocycles. The summed E-state index contributed by atoms with van der Waals surface area (Å²) in [7, 11) is 2.01. The number of benzene rings is 2. The lowest BCUT2D eigenvalue weighted by atomic mass is 9.96. The molecule has 3 heterocycles. The van der Waals surface area contributed by atoms with Crippen LogP contribution < -0.4 is 10.2 Å². The highest BCUT2D eigenvalue weighted by atomic mass is 32.1. The number of nitrogens with one attached hydrogen (secondary N) is 2. The van der Waals surface area contributed by atoms with Gasteiger partial charge in [-0.15, -0.1) is 0 Å². The van der Waals surface area contributed by atoms with E-state index in [0.29, 0.717) is 17.8 Å². The highest BCUT2D eigenvalue weighted by Crippen LogP contribution is 2.43. The molecule has 28 heavy (non-hydrogen) atoms. The van der Waals surface area contributed by atoms with Crippen molar-refractivity contribution in [1.29, 1.82) is 0 Å². The van der Waals surface area contributed by atoms with Crippen molar-refractivity contribution in [3.05, 3.63) is 59.3 Å². The summed E-state index contributed by atoms with van der Waals surface area (Å²) in [5, 5.41) is 4.00. The molecule has 0 saturated heterocycles. The Balaban J connectivity index is 1.60. The third kappa shape index (κ3) is 2.43. The molecule has 1 unspecified atom stereocenters. The molecule has 2 amide bonds. The van der Waals surface area contributed by atoms with E-state index in [1.807, 2.05) is 30.1 Å². The smallest absolute Gasteiger partial charge is 0.257 e. The first-order valence-electron chi connectivity index (χ1n) is 9.26. The molecule has 2 aliphatic rings. The lowest BCUT2D eigenvalue weighted by Gasteiger charge is -2.46. The van der Waals surface area contributed by atoms with Crippen LogP contribution in [0.15, 0.2) is 42.5 Å². The summed E-state index contributed by atoms with van der Waals surface area (Å²) >= 11 is 3.99. The second kappa shape index (κ2) is 6.31. The summed E-state index contributed by atoms with van der Waals surface area (Å²) in [6, 6.07) is 13.8. The van der Waals surface area contributed by atoms with E-state index in [-0.39, 0.29) is 23.7 Å². The summed E-state index contributed by atoms with van der Waals surface area (Å²) in [5.74, 6) is -0.106. The number of thiol groups is 1. The van der Waals surface area contributed by atoms with Crippen LogP contribution in [0.1, 0.15) is 27.8 Å². The summed E-state index contributed by atoms with van der Waals surface area (Å²) < 4.78 is 0. The molecule has 0 saturated carbocycles. The molecule has 0 spiro atoms. The van der Waals surface area contributed by atoms with Gasteiger partial charge in [0.25, 0.3) is 5.91 Å². The quantitative estimate of drug-likeness (QED) is 0.587. The molecule has 0 radical (unpaired) electrons. The van der Waals surface area contributed by atoms with Gasteiger partial charge in [0.2, 0.25) is 5.91 Å². The minimum atomic E-state index is -0.196. The maximum Gasteiger partial charge on any atom is 0.257 e. The van der Waals surface area contributed by atoms with E-state index < -0.39 is 0 Å². The van der Waals surface area contributed by atoms with Crippen LogP contribution in [0, 0.1) is 0 Å². The summed E-state index contributed by atoms with van der Waals surface area (Å²) in [6.45, 7) is 0.662. The fourth-order valence-electron chi connectivity index (χ4n) is 4.42. The standard InChI is InChI=1S/C21H20N4O2S/c1-24-17-7-6-12(22-18(26)11-28)10-15(17)21(27)25-9-8-14-13-4-2-3-5-16(13)23-19(14)20(24)25/h2-7,10,20,23,28H,8-9,11H2,1H3,(H,22,26). The fraction of sp³-hybridized carbons (Fsp3) is 0.238. The van der Waals surface area contributed by atoms with E-state index in [1.54, 1.807) is 6.07 Å². The molecule has 2 aromatic carbocycles. The van der Waals surface area contributed by atoms with Gasteiger partial charge in [0.1, 0.15) is 6.17 Å². The van der Waals surface area contributed by atoms with E-state index in [4.69, 9.17) is 0 Å². The van der Waals surface area contributed by atoms with Crippen molar-refractivity contribution in [3.63, 3.8) is 0 Å². The number of carbonyl (C=O) groups is 2. The van der Waals surface area contributed by atoms with Crippen molar-refractivity contribution >= 4 is 46.7 Å². The highest BCUT2D eigenvalue weighted by Gasteiger charge is 2.41. The van der Waals surface area contributed by atoms with Gasteiger partial charge < -0.3 is 20.1 Å². The second-order valence-electron chi connectivity index (χ2n) is 7.23. The number of para-hydroxylation sites is 1. The number of hydrogen-bond acceptors (Lipinski definition) is 4. The fourth-order valence-corrected chi connectivity index (χ4v) is 4.50. The molecule has 5 rings (SSSR count). The predicted octanol–water partition coefficient (Wildman–Crippen LogP) is 3.18. The molecule has 0 aliphatic carbocycles. The normalized spacial score (nSPS) is 17.9. The predicted molar refractivity (Wildman–Crippen MR) is 113 cm³/mol. The number of H-pyrrole nitrogens is 1. The van der Waals surface area contributed by atoms with E-state index in [9.17, 15) is 9.59 Å². The molecule has 142 valence electrons. The molecule has 6 nitrogen and oxygen atoms in total. The first-order chi connectivity index (χ1) is 13.6. The number of carbonyl (C=O) groups excluding carboxylic acids is 2. The van der Waals surface area contributed by atoms with Gasteiger partial charge in [-0.25, -0.2) is 0 Å². The van der Waals surface area contributed by atoms with Crippen LogP contribution in [-0.4, -0.2) is 41.0 Å². The average Bonchev–Trinajstić information content (AvgIpc) is 3.10. The van der Waals surface area contributed by atoms with Gasteiger partial charge in [-0.2, -0.15) is 12.6 Å². The first kappa shape index (κ1) is 17.2. The number of nitrogens with zero attached hydrogens (tertiary/aromatic N) is 2. The van der Waals surface area contributed by atoms with E-state index in [0.717, 1.165) is 23.3 Å². The topological polar surface area (TPSA) is 68.4 Å². The average molecular weight is 392 g/mol. The maximum atomic E-state index is 13.3. The van der Waals surface area contributed by atoms with Crippen LogP contribution in [-0.2, 0) is 11.2 Å². The number of anilines is 2. The molecule has 3 aromatic rings. The van der Waals surface area contributed by atoms with Crippen molar-refractivity contribution in [2.75, 3.05) is 29.6 Å². The Morgan fingerprint density at radius 2 is 2.11 bits per heavy atom. The number of amides is 2. The van der Waals surface area contributed by atoms with E-state index >= 15 is 0 Å². The molecular formula is C21H20N4O2S. The third-order valence-electron chi connectivity index (χ3n) is 5.66. The van der Waals surface area contributed by atoms with Crippen molar-refractivity contribution in [2.45, 2.75) is 12.6 Å². The van der Waals surface area contributed by atoms with Crippen LogP contribution in [0.4, 0.5) is 11.4 Å². The number of hydrogen-bond donors (Lipinski definition) is 3. The SMILES string of the molecule is CN1c2ccc(NC(=O)CS)cc2C(=O)N2CCc3c([nH]c4ccccc34)C21. The van der Waals surface area contributed by atoms with Crippen molar-refractivity contribution in [3.8, 4) is 0 Å². The zero-order chi connectivity index (χ0) is 19.4.